The quantitative estimate of drug-likeness (QED) is 0.431. The summed E-state index contributed by atoms with van der Waals surface area (Å²) in [5.41, 5.74) is 3.65. The van der Waals surface area contributed by atoms with Crippen LogP contribution in [0.2, 0.25) is 0 Å². The Morgan fingerprint density at radius 2 is 1.91 bits per heavy atom. The molecular weight excluding hydrogens is 446 g/mol. The molecule has 10 heteroatoms. The summed E-state index contributed by atoms with van der Waals surface area (Å²) in [6.07, 6.45) is 4.13. The van der Waals surface area contributed by atoms with E-state index in [0.717, 1.165) is 11.1 Å². The van der Waals surface area contributed by atoms with Crippen LogP contribution in [0.4, 0.5) is 0 Å². The van der Waals surface area contributed by atoms with Gasteiger partial charge in [-0.2, -0.15) is 4.31 Å². The van der Waals surface area contributed by atoms with Crippen molar-refractivity contribution >= 4 is 26.9 Å². The lowest BCUT2D eigenvalue weighted by molar-refractivity contribution is 0.442. The van der Waals surface area contributed by atoms with Crippen LogP contribution in [-0.4, -0.2) is 46.0 Å². The van der Waals surface area contributed by atoms with Gasteiger partial charge in [0.1, 0.15) is 9.90 Å². The highest BCUT2D eigenvalue weighted by atomic mass is 32.2. The second-order valence-electron chi connectivity index (χ2n) is 7.24. The molecule has 0 radical (unpaired) electrons. The average Bonchev–Trinajstić information content (AvgIpc) is 3.53. The number of rotatable bonds is 5. The van der Waals surface area contributed by atoms with Gasteiger partial charge in [-0.1, -0.05) is 30.3 Å². The van der Waals surface area contributed by atoms with Crippen molar-refractivity contribution < 1.29 is 14.3 Å². The predicted octanol–water partition coefficient (Wildman–Crippen LogP) is 4.29. The van der Waals surface area contributed by atoms with E-state index >= 15 is 0 Å². The van der Waals surface area contributed by atoms with E-state index in [1.807, 2.05) is 43.3 Å². The minimum atomic E-state index is -3.47. The molecule has 0 amide bonds. The lowest BCUT2D eigenvalue weighted by Crippen LogP contribution is -2.34. The zero-order valence-electron chi connectivity index (χ0n) is 17.2. The van der Waals surface area contributed by atoms with E-state index in [0.29, 0.717) is 52.6 Å². The van der Waals surface area contributed by atoms with E-state index in [-0.39, 0.29) is 1.43 Å². The summed E-state index contributed by atoms with van der Waals surface area (Å²) >= 11 is 1.23. The van der Waals surface area contributed by atoms with Crippen molar-refractivity contribution in [1.29, 1.82) is 0 Å². The van der Waals surface area contributed by atoms with Gasteiger partial charge in [0, 0.05) is 20.1 Å². The molecule has 0 N–H and O–H groups in total. The lowest BCUT2D eigenvalue weighted by Gasteiger charge is -2.25. The van der Waals surface area contributed by atoms with Crippen LogP contribution in [0.15, 0.2) is 68.7 Å². The Morgan fingerprint density at radius 3 is 2.62 bits per heavy atom. The Kier molecular flexibility index (Phi) is 5.41. The highest BCUT2D eigenvalue weighted by Crippen LogP contribution is 2.29. The van der Waals surface area contributed by atoms with Gasteiger partial charge in [0.2, 0.25) is 5.89 Å². The van der Waals surface area contributed by atoms with Crippen molar-refractivity contribution in [3.05, 3.63) is 71.5 Å². The zero-order chi connectivity index (χ0) is 22.1. The number of hydrogen-bond donors (Lipinski definition) is 0. The first-order chi connectivity index (χ1) is 15.5. The highest BCUT2D eigenvalue weighted by Gasteiger charge is 2.27. The minimum absolute atomic E-state index is 0. The Balaban J connectivity index is 0.00000259. The van der Waals surface area contributed by atoms with Crippen molar-refractivity contribution in [2.24, 2.45) is 0 Å². The highest BCUT2D eigenvalue weighted by molar-refractivity contribution is 7.91. The first kappa shape index (κ1) is 20.7. The maximum Gasteiger partial charge on any atom is 0.268 e. The van der Waals surface area contributed by atoms with Crippen LogP contribution in [-0.2, 0) is 10.0 Å². The Bertz CT molecular complexity index is 1390. The zero-order valence-corrected chi connectivity index (χ0v) is 18.8. The van der Waals surface area contributed by atoms with Gasteiger partial charge >= 0.3 is 0 Å². The molecule has 0 spiro atoms. The number of nitrogens with zero attached hydrogens (tertiary/aromatic N) is 5. The molecule has 1 aromatic carbocycles. The Hall–Kier alpha value is -3.21. The second kappa shape index (κ2) is 8.38. The van der Waals surface area contributed by atoms with Crippen LogP contribution in [0.3, 0.4) is 0 Å². The number of aryl methyl sites for hydroxylation is 1. The smallest absolute Gasteiger partial charge is 0.268 e. The van der Waals surface area contributed by atoms with Gasteiger partial charge in [0.05, 0.1) is 17.6 Å². The first-order valence-electron chi connectivity index (χ1n) is 9.98. The number of aromatic nitrogens is 4. The van der Waals surface area contributed by atoms with Gasteiger partial charge in [0.15, 0.2) is 0 Å². The van der Waals surface area contributed by atoms with Crippen molar-refractivity contribution in [3.63, 3.8) is 0 Å². The number of benzene rings is 1. The van der Waals surface area contributed by atoms with E-state index in [1.165, 1.54) is 15.6 Å². The van der Waals surface area contributed by atoms with Gasteiger partial charge < -0.3 is 4.42 Å². The molecule has 0 saturated carbocycles. The molecule has 32 heavy (non-hydrogen) atoms. The van der Waals surface area contributed by atoms with Crippen molar-refractivity contribution in [1.82, 2.24) is 24.5 Å². The molecule has 0 bridgehead atoms. The third-order valence-electron chi connectivity index (χ3n) is 5.19. The lowest BCUT2D eigenvalue weighted by atomic mass is 10.1. The Morgan fingerprint density at radius 1 is 1.09 bits per heavy atom. The first-order valence-corrected chi connectivity index (χ1v) is 12.3. The van der Waals surface area contributed by atoms with Crippen LogP contribution in [0.1, 0.15) is 19.2 Å². The standard InChI is InChI=1S/C22H19N5O3S2.H2/c1-15-20(22-26-25-21(30-22)17-6-3-2-4-7-17)24-18(14-23-15)16-9-11-27(12-10-16)32(28,29)19-8-5-13-31-19;/h2-9,13-14H,10-12H2,1H3;1H. The summed E-state index contributed by atoms with van der Waals surface area (Å²) in [5.74, 6) is 0.715. The van der Waals surface area contributed by atoms with Crippen LogP contribution in [0.5, 0.6) is 0 Å². The number of sulfonamides is 1. The summed E-state index contributed by atoms with van der Waals surface area (Å²) in [5, 5.41) is 10.1. The topological polar surface area (TPSA) is 102 Å². The summed E-state index contributed by atoms with van der Waals surface area (Å²) in [6.45, 7) is 2.51. The summed E-state index contributed by atoms with van der Waals surface area (Å²) < 4.78 is 33.2. The average molecular weight is 468 g/mol. The monoisotopic (exact) mass is 467 g/mol. The number of hydrogen-bond acceptors (Lipinski definition) is 8. The molecule has 5 rings (SSSR count). The molecule has 4 heterocycles. The van der Waals surface area contributed by atoms with Gasteiger partial charge in [-0.3, -0.25) is 4.98 Å². The summed E-state index contributed by atoms with van der Waals surface area (Å²) in [4.78, 5) is 9.18. The molecule has 8 nitrogen and oxygen atoms in total. The second-order valence-corrected chi connectivity index (χ2v) is 10.4. The van der Waals surface area contributed by atoms with Gasteiger partial charge in [-0.05, 0) is 42.5 Å². The summed E-state index contributed by atoms with van der Waals surface area (Å²) in [7, 11) is -3.47. The Labute approximate surface area is 190 Å². The van der Waals surface area contributed by atoms with E-state index < -0.39 is 10.0 Å². The van der Waals surface area contributed by atoms with E-state index in [4.69, 9.17) is 9.40 Å². The van der Waals surface area contributed by atoms with Crippen molar-refractivity contribution in [3.8, 4) is 23.0 Å². The number of thiophene rings is 1. The molecular formula is C22H21N5O3S2. The van der Waals surface area contributed by atoms with Crippen LogP contribution >= 0.6 is 11.3 Å². The van der Waals surface area contributed by atoms with Crippen LogP contribution in [0.25, 0.3) is 28.6 Å². The molecule has 1 aliphatic heterocycles. The summed E-state index contributed by atoms with van der Waals surface area (Å²) in [6, 6.07) is 12.9. The fraction of sp³-hybridized carbons (Fsp3) is 0.182. The van der Waals surface area contributed by atoms with E-state index in [1.54, 1.807) is 23.7 Å². The predicted molar refractivity (Wildman–Crippen MR) is 123 cm³/mol. The molecule has 0 saturated heterocycles. The third-order valence-corrected chi connectivity index (χ3v) is 8.43. The molecule has 0 fully saturated rings. The minimum Gasteiger partial charge on any atom is -0.415 e. The van der Waals surface area contributed by atoms with E-state index in [2.05, 4.69) is 15.2 Å². The largest absolute Gasteiger partial charge is 0.415 e. The van der Waals surface area contributed by atoms with Gasteiger partial charge in [-0.15, -0.1) is 21.5 Å². The van der Waals surface area contributed by atoms with Gasteiger partial charge in [0.25, 0.3) is 15.9 Å². The molecule has 3 aromatic heterocycles. The van der Waals surface area contributed by atoms with E-state index in [9.17, 15) is 8.42 Å². The maximum atomic E-state index is 12.7. The maximum absolute atomic E-state index is 12.7. The molecule has 0 atom stereocenters. The molecule has 1 aliphatic rings. The van der Waals surface area contributed by atoms with Gasteiger partial charge in [-0.25, -0.2) is 13.4 Å². The molecule has 4 aromatic rings. The van der Waals surface area contributed by atoms with Crippen molar-refractivity contribution in [2.75, 3.05) is 13.1 Å². The molecule has 164 valence electrons. The van der Waals surface area contributed by atoms with Crippen molar-refractivity contribution in [2.45, 2.75) is 17.6 Å². The normalized spacial score (nSPS) is 15.0. The fourth-order valence-corrected chi connectivity index (χ4v) is 5.99. The SMILES string of the molecule is Cc1ncc(C2=CCN(S(=O)(=O)c3cccs3)CC2)nc1-c1nnc(-c2ccccc2)o1.[HH]. The molecule has 0 aliphatic carbocycles. The molecule has 0 unspecified atom stereocenters. The fourth-order valence-electron chi connectivity index (χ4n) is 3.46. The third kappa shape index (κ3) is 3.88. The van der Waals surface area contributed by atoms with Crippen LogP contribution in [0, 0.1) is 6.92 Å². The van der Waals surface area contributed by atoms with Crippen LogP contribution < -0.4 is 0 Å².